The minimum Gasteiger partial charge on any atom is -0.454 e. The molecule has 0 radical (unpaired) electrons. The third kappa shape index (κ3) is 2.32. The van der Waals surface area contributed by atoms with E-state index >= 15 is 0 Å². The first kappa shape index (κ1) is 14.1. The van der Waals surface area contributed by atoms with Gasteiger partial charge < -0.3 is 14.8 Å². The van der Waals surface area contributed by atoms with Gasteiger partial charge in [0.15, 0.2) is 11.5 Å². The van der Waals surface area contributed by atoms with Gasteiger partial charge in [0.1, 0.15) is 5.82 Å². The van der Waals surface area contributed by atoms with Gasteiger partial charge in [-0.1, -0.05) is 18.6 Å². The van der Waals surface area contributed by atoms with E-state index in [2.05, 4.69) is 5.32 Å². The Labute approximate surface area is 133 Å². The Kier molecular flexibility index (Phi) is 3.22. The zero-order valence-electron chi connectivity index (χ0n) is 12.5. The monoisotopic (exact) mass is 313 g/mol. The van der Waals surface area contributed by atoms with Crippen LogP contribution in [0.3, 0.4) is 0 Å². The molecule has 0 saturated heterocycles. The Balaban J connectivity index is 1.58. The Morgan fingerprint density at radius 1 is 1.04 bits per heavy atom. The molecule has 2 aromatic rings. The molecule has 5 heteroatoms. The smallest absolute Gasteiger partial charge is 0.235 e. The molecular weight excluding hydrogens is 297 g/mol. The first-order valence-electron chi connectivity index (χ1n) is 7.65. The van der Waals surface area contributed by atoms with Crippen molar-refractivity contribution in [3.8, 4) is 11.5 Å². The quantitative estimate of drug-likeness (QED) is 0.941. The number of nitrogens with one attached hydrogen (secondary N) is 1. The van der Waals surface area contributed by atoms with E-state index in [0.717, 1.165) is 24.8 Å². The van der Waals surface area contributed by atoms with Crippen LogP contribution in [0, 0.1) is 5.82 Å². The van der Waals surface area contributed by atoms with Crippen molar-refractivity contribution in [3.63, 3.8) is 0 Å². The van der Waals surface area contributed by atoms with Crippen LogP contribution in [0.2, 0.25) is 0 Å². The van der Waals surface area contributed by atoms with Crippen LogP contribution in [0.4, 0.5) is 10.1 Å². The Morgan fingerprint density at radius 3 is 2.48 bits per heavy atom. The summed E-state index contributed by atoms with van der Waals surface area (Å²) in [6.45, 7) is 0.201. The average molecular weight is 313 g/mol. The molecule has 1 N–H and O–H groups in total. The third-order valence-electron chi connectivity index (χ3n) is 4.67. The summed E-state index contributed by atoms with van der Waals surface area (Å²) < 4.78 is 23.7. The number of carbonyl (C=O) groups excluding carboxylic acids is 1. The Bertz CT molecular complexity index is 753. The van der Waals surface area contributed by atoms with Crippen LogP contribution in [-0.4, -0.2) is 12.7 Å². The molecule has 118 valence electrons. The van der Waals surface area contributed by atoms with Crippen molar-refractivity contribution >= 4 is 11.6 Å². The second-order valence-electron chi connectivity index (χ2n) is 5.96. The number of ether oxygens (including phenoxy) is 2. The second kappa shape index (κ2) is 5.26. The summed E-state index contributed by atoms with van der Waals surface area (Å²) in [5.41, 5.74) is 0.973. The number of benzene rings is 2. The molecule has 4 nitrogen and oxygen atoms in total. The fourth-order valence-corrected chi connectivity index (χ4v) is 3.17. The van der Waals surface area contributed by atoms with Gasteiger partial charge in [0.05, 0.1) is 5.41 Å². The Morgan fingerprint density at radius 2 is 1.78 bits per heavy atom. The molecule has 1 fully saturated rings. The van der Waals surface area contributed by atoms with Crippen molar-refractivity contribution < 1.29 is 18.7 Å². The molecular formula is C18H16FNO3. The van der Waals surface area contributed by atoms with E-state index in [1.807, 2.05) is 0 Å². The van der Waals surface area contributed by atoms with Crippen molar-refractivity contribution in [3.05, 3.63) is 53.8 Å². The van der Waals surface area contributed by atoms with E-state index in [1.165, 1.54) is 12.1 Å². The lowest BCUT2D eigenvalue weighted by molar-refractivity contribution is -0.124. The summed E-state index contributed by atoms with van der Waals surface area (Å²) >= 11 is 0. The van der Waals surface area contributed by atoms with Crippen LogP contribution in [0.15, 0.2) is 42.5 Å². The number of halogens is 1. The first-order valence-corrected chi connectivity index (χ1v) is 7.65. The molecule has 0 aromatic heterocycles. The van der Waals surface area contributed by atoms with E-state index in [-0.39, 0.29) is 18.5 Å². The van der Waals surface area contributed by atoms with Gasteiger partial charge in [0, 0.05) is 11.8 Å². The molecule has 0 atom stereocenters. The molecule has 0 unspecified atom stereocenters. The number of amides is 1. The highest BCUT2D eigenvalue weighted by Crippen LogP contribution is 2.45. The number of hydrogen-bond donors (Lipinski definition) is 1. The van der Waals surface area contributed by atoms with Gasteiger partial charge in [0.2, 0.25) is 12.7 Å². The summed E-state index contributed by atoms with van der Waals surface area (Å²) in [6.07, 6.45) is 2.54. The molecule has 2 aliphatic rings. The highest BCUT2D eigenvalue weighted by Gasteiger charge is 2.45. The fraction of sp³-hybridized carbons (Fsp3) is 0.278. The molecule has 0 bridgehead atoms. The number of fused-ring (bicyclic) bond motifs is 1. The van der Waals surface area contributed by atoms with Crippen LogP contribution in [0.1, 0.15) is 24.8 Å². The number of carbonyl (C=O) groups is 1. The summed E-state index contributed by atoms with van der Waals surface area (Å²) in [4.78, 5) is 12.8. The van der Waals surface area contributed by atoms with Gasteiger partial charge in [-0.3, -0.25) is 4.79 Å². The van der Waals surface area contributed by atoms with Crippen LogP contribution < -0.4 is 14.8 Å². The maximum Gasteiger partial charge on any atom is 0.235 e. The van der Waals surface area contributed by atoms with Crippen molar-refractivity contribution in [1.82, 2.24) is 0 Å². The molecule has 2 aromatic carbocycles. The summed E-state index contributed by atoms with van der Waals surface area (Å²) in [5, 5.41) is 2.96. The van der Waals surface area contributed by atoms with Gasteiger partial charge in [-0.2, -0.15) is 0 Å². The highest BCUT2D eigenvalue weighted by molar-refractivity contribution is 6.00. The minimum absolute atomic E-state index is 0.0609. The molecule has 1 aliphatic heterocycles. The average Bonchev–Trinajstić information content (AvgIpc) is 2.95. The van der Waals surface area contributed by atoms with Crippen LogP contribution in [-0.2, 0) is 10.2 Å². The molecule has 1 saturated carbocycles. The fourth-order valence-electron chi connectivity index (χ4n) is 3.17. The first-order chi connectivity index (χ1) is 11.2. The lowest BCUT2D eigenvalue weighted by atomic mass is 9.64. The lowest BCUT2D eigenvalue weighted by Crippen LogP contribution is -2.46. The van der Waals surface area contributed by atoms with E-state index < -0.39 is 5.41 Å². The maximum atomic E-state index is 13.1. The van der Waals surface area contributed by atoms with Crippen LogP contribution in [0.5, 0.6) is 11.5 Å². The molecule has 1 amide bonds. The normalized spacial score (nSPS) is 17.4. The van der Waals surface area contributed by atoms with Crippen molar-refractivity contribution in [2.24, 2.45) is 0 Å². The van der Waals surface area contributed by atoms with Gasteiger partial charge in [0.25, 0.3) is 0 Å². The highest BCUT2D eigenvalue weighted by atomic mass is 19.1. The molecule has 0 spiro atoms. The van der Waals surface area contributed by atoms with Gasteiger partial charge in [-0.05, 0) is 42.7 Å². The Hall–Kier alpha value is -2.56. The SMILES string of the molecule is O=C(Nc1ccc2c(c1)OCO2)C1(c2ccc(F)cc2)CCC1. The van der Waals surface area contributed by atoms with Crippen molar-refractivity contribution in [2.75, 3.05) is 12.1 Å². The summed E-state index contributed by atoms with van der Waals surface area (Å²) in [6, 6.07) is 11.6. The predicted molar refractivity (Wildman–Crippen MR) is 83.1 cm³/mol. The lowest BCUT2D eigenvalue weighted by Gasteiger charge is -2.40. The van der Waals surface area contributed by atoms with Gasteiger partial charge in [-0.25, -0.2) is 4.39 Å². The molecule has 1 aliphatic carbocycles. The van der Waals surface area contributed by atoms with Crippen LogP contribution in [0.25, 0.3) is 0 Å². The summed E-state index contributed by atoms with van der Waals surface area (Å²) in [5.74, 6) is 0.959. The predicted octanol–water partition coefficient (Wildman–Crippen LogP) is 3.61. The maximum absolute atomic E-state index is 13.1. The number of anilines is 1. The van der Waals surface area contributed by atoms with Gasteiger partial charge in [-0.15, -0.1) is 0 Å². The largest absolute Gasteiger partial charge is 0.454 e. The summed E-state index contributed by atoms with van der Waals surface area (Å²) in [7, 11) is 0. The van der Waals surface area contributed by atoms with Crippen LogP contribution >= 0.6 is 0 Å². The zero-order chi connectivity index (χ0) is 15.9. The second-order valence-corrected chi connectivity index (χ2v) is 5.96. The number of hydrogen-bond acceptors (Lipinski definition) is 3. The standard InChI is InChI=1S/C18H16FNO3/c19-13-4-2-12(3-5-13)18(8-1-9-18)17(21)20-14-6-7-15-16(10-14)23-11-22-15/h2-7,10H,1,8-9,11H2,(H,20,21). The van der Waals surface area contributed by atoms with Crippen molar-refractivity contribution in [1.29, 1.82) is 0 Å². The molecule has 1 heterocycles. The van der Waals surface area contributed by atoms with E-state index in [0.29, 0.717) is 17.2 Å². The topological polar surface area (TPSA) is 47.6 Å². The zero-order valence-corrected chi connectivity index (χ0v) is 12.5. The third-order valence-corrected chi connectivity index (χ3v) is 4.67. The number of rotatable bonds is 3. The molecule has 23 heavy (non-hydrogen) atoms. The van der Waals surface area contributed by atoms with E-state index in [9.17, 15) is 9.18 Å². The minimum atomic E-state index is -0.565. The van der Waals surface area contributed by atoms with Gasteiger partial charge >= 0.3 is 0 Å². The molecule has 4 rings (SSSR count). The van der Waals surface area contributed by atoms with Crippen molar-refractivity contribution in [2.45, 2.75) is 24.7 Å². The van der Waals surface area contributed by atoms with E-state index in [1.54, 1.807) is 30.3 Å². The van der Waals surface area contributed by atoms with E-state index in [4.69, 9.17) is 9.47 Å².